The second-order valence-electron chi connectivity index (χ2n) is 5.07. The maximum Gasteiger partial charge on any atom is 0.0537 e. The molecule has 1 saturated carbocycles. The summed E-state index contributed by atoms with van der Waals surface area (Å²) in [6.07, 6.45) is 8.07. The van der Waals surface area contributed by atoms with Crippen LogP contribution in [0.25, 0.3) is 0 Å². The summed E-state index contributed by atoms with van der Waals surface area (Å²) in [4.78, 5) is 2.35. The van der Waals surface area contributed by atoms with Crippen molar-refractivity contribution in [2.75, 3.05) is 20.1 Å². The third-order valence-corrected chi connectivity index (χ3v) is 3.46. The average Bonchev–Trinajstić information content (AvgIpc) is 2.58. The molecule has 0 spiro atoms. The van der Waals surface area contributed by atoms with Crippen molar-refractivity contribution in [2.45, 2.75) is 25.3 Å². The van der Waals surface area contributed by atoms with Gasteiger partial charge >= 0.3 is 0 Å². The molecule has 0 amide bonds. The van der Waals surface area contributed by atoms with Crippen LogP contribution in [0.1, 0.15) is 30.9 Å². The zero-order chi connectivity index (χ0) is 11.5. The van der Waals surface area contributed by atoms with Gasteiger partial charge in [0.1, 0.15) is 0 Å². The molecule has 0 aliphatic heterocycles. The Morgan fingerprint density at radius 2 is 2.38 bits per heavy atom. The van der Waals surface area contributed by atoms with Gasteiger partial charge in [-0.15, -0.1) is 0 Å². The molecule has 16 heavy (non-hydrogen) atoms. The first kappa shape index (κ1) is 11.6. The highest BCUT2D eigenvalue weighted by molar-refractivity contribution is 5.09. The number of hydrogen-bond acceptors (Lipinski definition) is 3. The van der Waals surface area contributed by atoms with Gasteiger partial charge in [0.2, 0.25) is 0 Å². The maximum absolute atomic E-state index is 6.15. The third-order valence-electron chi connectivity index (χ3n) is 3.46. The highest BCUT2D eigenvalue weighted by atomic mass is 15.2. The molecule has 1 aliphatic rings. The normalized spacial score (nSPS) is 18.8. The van der Waals surface area contributed by atoms with E-state index in [0.29, 0.717) is 0 Å². The van der Waals surface area contributed by atoms with E-state index >= 15 is 0 Å². The van der Waals surface area contributed by atoms with Gasteiger partial charge in [0.15, 0.2) is 0 Å². The molecule has 90 valence electrons. The molecule has 0 bridgehead atoms. The Labute approximate surface area is 97.4 Å². The third kappa shape index (κ3) is 2.83. The predicted molar refractivity (Wildman–Crippen MR) is 65.0 cm³/mol. The van der Waals surface area contributed by atoms with Gasteiger partial charge in [-0.2, -0.15) is 5.10 Å². The lowest BCUT2D eigenvalue weighted by molar-refractivity contribution is 0.198. The van der Waals surface area contributed by atoms with Crippen molar-refractivity contribution >= 4 is 0 Å². The van der Waals surface area contributed by atoms with Crippen molar-refractivity contribution in [1.29, 1.82) is 0 Å². The molecule has 1 heterocycles. The number of rotatable bonds is 5. The molecule has 0 aromatic carbocycles. The second kappa shape index (κ2) is 4.97. The van der Waals surface area contributed by atoms with Crippen LogP contribution in [-0.4, -0.2) is 34.8 Å². The van der Waals surface area contributed by atoms with Crippen LogP contribution >= 0.6 is 0 Å². The summed E-state index contributed by atoms with van der Waals surface area (Å²) >= 11 is 0. The lowest BCUT2D eigenvalue weighted by atomic mass is 9.85. The van der Waals surface area contributed by atoms with E-state index in [1.807, 2.05) is 19.4 Å². The van der Waals surface area contributed by atoms with E-state index in [-0.39, 0.29) is 6.04 Å². The van der Waals surface area contributed by atoms with Crippen molar-refractivity contribution in [1.82, 2.24) is 14.7 Å². The first-order valence-corrected chi connectivity index (χ1v) is 6.08. The first-order valence-electron chi connectivity index (χ1n) is 6.08. The molecule has 0 radical (unpaired) electrons. The van der Waals surface area contributed by atoms with Gasteiger partial charge in [0.05, 0.1) is 6.20 Å². The van der Waals surface area contributed by atoms with Crippen LogP contribution in [0.3, 0.4) is 0 Å². The van der Waals surface area contributed by atoms with Crippen LogP contribution in [0.15, 0.2) is 12.4 Å². The summed E-state index contributed by atoms with van der Waals surface area (Å²) in [5, 5.41) is 4.15. The molecule has 1 aromatic rings. The van der Waals surface area contributed by atoms with E-state index in [9.17, 15) is 0 Å². The maximum atomic E-state index is 6.15. The molecule has 1 fully saturated rings. The topological polar surface area (TPSA) is 47.1 Å². The Bertz CT molecular complexity index is 330. The van der Waals surface area contributed by atoms with E-state index in [1.165, 1.54) is 25.8 Å². The number of aromatic nitrogens is 2. The summed E-state index contributed by atoms with van der Waals surface area (Å²) in [6.45, 7) is 2.11. The summed E-state index contributed by atoms with van der Waals surface area (Å²) in [5.41, 5.74) is 7.28. The Hall–Kier alpha value is -0.870. The molecule has 1 aliphatic carbocycles. The first-order chi connectivity index (χ1) is 7.65. The van der Waals surface area contributed by atoms with Crippen molar-refractivity contribution in [3.63, 3.8) is 0 Å². The Kier molecular flexibility index (Phi) is 3.61. The SMILES string of the molecule is CN(CC1CCC1)CC(N)c1cnn(C)c1. The molecule has 1 atom stereocenters. The van der Waals surface area contributed by atoms with Gasteiger partial charge in [0.25, 0.3) is 0 Å². The summed E-state index contributed by atoms with van der Waals surface area (Å²) < 4.78 is 1.81. The molecule has 1 unspecified atom stereocenters. The van der Waals surface area contributed by atoms with E-state index < -0.39 is 0 Å². The fraction of sp³-hybridized carbons (Fsp3) is 0.750. The Balaban J connectivity index is 1.79. The van der Waals surface area contributed by atoms with E-state index in [2.05, 4.69) is 17.0 Å². The standard InChI is InChI=1S/C12H22N4/c1-15(7-10-4-3-5-10)9-12(13)11-6-14-16(2)8-11/h6,8,10,12H,3-5,7,9,13H2,1-2H3. The minimum Gasteiger partial charge on any atom is -0.323 e. The fourth-order valence-corrected chi connectivity index (χ4v) is 2.26. The van der Waals surface area contributed by atoms with Gasteiger partial charge < -0.3 is 10.6 Å². The zero-order valence-corrected chi connectivity index (χ0v) is 10.3. The molecule has 4 nitrogen and oxygen atoms in total. The quantitative estimate of drug-likeness (QED) is 0.813. The van der Waals surface area contributed by atoms with Crippen LogP contribution < -0.4 is 5.73 Å². The molecule has 4 heteroatoms. The minimum absolute atomic E-state index is 0.0822. The Morgan fingerprint density at radius 1 is 1.62 bits per heavy atom. The second-order valence-corrected chi connectivity index (χ2v) is 5.07. The minimum atomic E-state index is 0.0822. The molecule has 2 rings (SSSR count). The van der Waals surface area contributed by atoms with Crippen LogP contribution in [-0.2, 0) is 7.05 Å². The highest BCUT2D eigenvalue weighted by Gasteiger charge is 2.20. The summed E-state index contributed by atoms with van der Waals surface area (Å²) in [5.74, 6) is 0.908. The fourth-order valence-electron chi connectivity index (χ4n) is 2.26. The monoisotopic (exact) mass is 222 g/mol. The smallest absolute Gasteiger partial charge is 0.0537 e. The van der Waals surface area contributed by atoms with E-state index in [4.69, 9.17) is 5.73 Å². The van der Waals surface area contributed by atoms with Crippen molar-refractivity contribution in [3.8, 4) is 0 Å². The molecule has 0 saturated heterocycles. The number of hydrogen-bond donors (Lipinski definition) is 1. The highest BCUT2D eigenvalue weighted by Crippen LogP contribution is 2.27. The number of aryl methyl sites for hydroxylation is 1. The molecule has 2 N–H and O–H groups in total. The van der Waals surface area contributed by atoms with Gasteiger partial charge in [-0.25, -0.2) is 0 Å². The van der Waals surface area contributed by atoms with Crippen molar-refractivity contribution < 1.29 is 0 Å². The lowest BCUT2D eigenvalue weighted by Gasteiger charge is -2.31. The van der Waals surface area contributed by atoms with Crippen LogP contribution in [0.4, 0.5) is 0 Å². The van der Waals surface area contributed by atoms with Gasteiger partial charge in [-0.05, 0) is 25.8 Å². The summed E-state index contributed by atoms with van der Waals surface area (Å²) in [6, 6.07) is 0.0822. The van der Waals surface area contributed by atoms with Crippen LogP contribution in [0.5, 0.6) is 0 Å². The van der Waals surface area contributed by atoms with E-state index in [0.717, 1.165) is 18.0 Å². The predicted octanol–water partition coefficient (Wildman–Crippen LogP) is 1.15. The van der Waals surface area contributed by atoms with Crippen molar-refractivity contribution in [2.24, 2.45) is 18.7 Å². The van der Waals surface area contributed by atoms with Crippen molar-refractivity contribution in [3.05, 3.63) is 18.0 Å². The number of nitrogens with zero attached hydrogens (tertiary/aromatic N) is 3. The van der Waals surface area contributed by atoms with Gasteiger partial charge in [-0.1, -0.05) is 6.42 Å². The van der Waals surface area contributed by atoms with Gasteiger partial charge in [-0.3, -0.25) is 4.68 Å². The number of likely N-dealkylation sites (N-methyl/N-ethyl adjacent to an activating group) is 1. The van der Waals surface area contributed by atoms with Gasteiger partial charge in [0, 0.05) is 37.9 Å². The molecular formula is C12H22N4. The molecular weight excluding hydrogens is 200 g/mol. The molecule has 1 aromatic heterocycles. The van der Waals surface area contributed by atoms with E-state index in [1.54, 1.807) is 4.68 Å². The number of nitrogens with two attached hydrogens (primary N) is 1. The summed E-state index contributed by atoms with van der Waals surface area (Å²) in [7, 11) is 4.09. The Morgan fingerprint density at radius 3 is 2.88 bits per heavy atom. The zero-order valence-electron chi connectivity index (χ0n) is 10.3. The lowest BCUT2D eigenvalue weighted by Crippen LogP contribution is -2.34. The van der Waals surface area contributed by atoms with Crippen LogP contribution in [0.2, 0.25) is 0 Å². The average molecular weight is 222 g/mol. The van der Waals surface area contributed by atoms with Crippen LogP contribution in [0, 0.1) is 5.92 Å². The largest absolute Gasteiger partial charge is 0.323 e.